The number of carbonyl (C=O) groups excluding carboxylic acids is 2. The van der Waals surface area contributed by atoms with Crippen LogP contribution >= 0.6 is 0 Å². The molecule has 2 rings (SSSR count). The number of benzene rings is 1. The second kappa shape index (κ2) is 8.85. The molecule has 0 fully saturated rings. The van der Waals surface area contributed by atoms with Gasteiger partial charge in [-0.1, -0.05) is 19.1 Å². The summed E-state index contributed by atoms with van der Waals surface area (Å²) in [5.41, 5.74) is 3.80. The third kappa shape index (κ3) is 4.95. The number of likely N-dealkylation sites (N-methyl/N-ethyl adjacent to an activating group) is 1. The van der Waals surface area contributed by atoms with Gasteiger partial charge in [-0.25, -0.2) is 0 Å². The van der Waals surface area contributed by atoms with Crippen LogP contribution in [0.3, 0.4) is 0 Å². The highest BCUT2D eigenvalue weighted by Gasteiger charge is 2.21. The van der Waals surface area contributed by atoms with Gasteiger partial charge in [-0.05, 0) is 50.6 Å². The van der Waals surface area contributed by atoms with Gasteiger partial charge in [0.15, 0.2) is 0 Å². The number of rotatable bonds is 6. The predicted octanol–water partition coefficient (Wildman–Crippen LogP) is 1.31. The van der Waals surface area contributed by atoms with Crippen LogP contribution in [0.25, 0.3) is 0 Å². The van der Waals surface area contributed by atoms with E-state index in [0.717, 1.165) is 31.4 Å². The molecule has 0 radical (unpaired) electrons. The van der Waals surface area contributed by atoms with Crippen molar-refractivity contribution < 1.29 is 9.59 Å². The minimum Gasteiger partial charge on any atom is -0.374 e. The normalized spacial score (nSPS) is 14.8. The molecular weight excluding hydrogens is 316 g/mol. The monoisotopic (exact) mass is 346 g/mol. The maximum Gasteiger partial charge on any atom is 0.309 e. The maximum absolute atomic E-state index is 11.9. The largest absolute Gasteiger partial charge is 0.374 e. The van der Waals surface area contributed by atoms with E-state index in [9.17, 15) is 9.59 Å². The van der Waals surface area contributed by atoms with Crippen molar-refractivity contribution in [3.05, 3.63) is 29.3 Å². The van der Waals surface area contributed by atoms with Crippen LogP contribution in [0.1, 0.15) is 36.9 Å². The molecule has 0 saturated carbocycles. The van der Waals surface area contributed by atoms with E-state index in [1.807, 2.05) is 21.0 Å². The third-order valence-corrected chi connectivity index (χ3v) is 4.66. The number of anilines is 1. The quantitative estimate of drug-likeness (QED) is 0.763. The zero-order chi connectivity index (χ0) is 18.4. The van der Waals surface area contributed by atoms with E-state index < -0.39 is 11.8 Å². The summed E-state index contributed by atoms with van der Waals surface area (Å²) in [5.74, 6) is -1.13. The van der Waals surface area contributed by atoms with Gasteiger partial charge in [0.1, 0.15) is 0 Å². The van der Waals surface area contributed by atoms with Gasteiger partial charge in [-0.2, -0.15) is 0 Å². The van der Waals surface area contributed by atoms with Gasteiger partial charge in [-0.3, -0.25) is 9.59 Å². The molecule has 0 saturated heterocycles. The third-order valence-electron chi connectivity index (χ3n) is 4.66. The maximum atomic E-state index is 11.9. The topological polar surface area (TPSA) is 64.7 Å². The number of fused-ring (bicyclic) bond motifs is 1. The number of carbonyl (C=O) groups is 2. The fraction of sp³-hybridized carbons (Fsp3) is 0.579. The lowest BCUT2D eigenvalue weighted by molar-refractivity contribution is -0.139. The molecule has 0 aliphatic carbocycles. The molecule has 1 aromatic rings. The first kappa shape index (κ1) is 19.2. The van der Waals surface area contributed by atoms with Crippen LogP contribution in [0, 0.1) is 0 Å². The molecule has 1 aliphatic rings. The SMILES string of the molecule is CCCNC(=O)C(=O)NC[C@H](c1ccc2c(c1)CCCN2C)N(C)C. The van der Waals surface area contributed by atoms with Crippen LogP contribution in [0.5, 0.6) is 0 Å². The minimum atomic E-state index is -0.571. The lowest BCUT2D eigenvalue weighted by atomic mass is 9.96. The van der Waals surface area contributed by atoms with E-state index in [4.69, 9.17) is 0 Å². The van der Waals surface area contributed by atoms with E-state index in [1.54, 1.807) is 0 Å². The average Bonchev–Trinajstić information content (AvgIpc) is 2.59. The van der Waals surface area contributed by atoms with Crippen LogP contribution in [0.4, 0.5) is 5.69 Å². The van der Waals surface area contributed by atoms with Crippen molar-refractivity contribution in [2.45, 2.75) is 32.2 Å². The van der Waals surface area contributed by atoms with Crippen molar-refractivity contribution in [3.63, 3.8) is 0 Å². The Hall–Kier alpha value is -2.08. The number of nitrogens with one attached hydrogen (secondary N) is 2. The highest BCUT2D eigenvalue weighted by atomic mass is 16.2. The molecule has 0 bridgehead atoms. The van der Waals surface area contributed by atoms with Crippen molar-refractivity contribution >= 4 is 17.5 Å². The van der Waals surface area contributed by atoms with E-state index in [0.29, 0.717) is 13.1 Å². The van der Waals surface area contributed by atoms with Gasteiger partial charge in [0, 0.05) is 32.4 Å². The first-order valence-electron chi connectivity index (χ1n) is 9.00. The zero-order valence-electron chi connectivity index (χ0n) is 15.8. The fourth-order valence-corrected chi connectivity index (χ4v) is 3.20. The highest BCUT2D eigenvalue weighted by molar-refractivity contribution is 6.35. The summed E-state index contributed by atoms with van der Waals surface area (Å²) in [7, 11) is 6.09. The molecule has 0 aromatic heterocycles. The number of nitrogens with zero attached hydrogens (tertiary/aromatic N) is 2. The van der Waals surface area contributed by atoms with Gasteiger partial charge < -0.3 is 20.4 Å². The summed E-state index contributed by atoms with van der Waals surface area (Å²) in [6, 6.07) is 6.55. The summed E-state index contributed by atoms with van der Waals surface area (Å²) in [4.78, 5) is 28.0. The molecule has 0 unspecified atom stereocenters. The molecule has 0 spiro atoms. The molecule has 2 amide bonds. The number of aryl methyl sites for hydroxylation is 1. The van der Waals surface area contributed by atoms with Crippen molar-refractivity contribution in [1.29, 1.82) is 0 Å². The lowest BCUT2D eigenvalue weighted by Gasteiger charge is -2.30. The predicted molar refractivity (Wildman–Crippen MR) is 101 cm³/mol. The van der Waals surface area contributed by atoms with Crippen LogP contribution in [-0.2, 0) is 16.0 Å². The Morgan fingerprint density at radius 3 is 2.64 bits per heavy atom. The number of hydrogen-bond donors (Lipinski definition) is 2. The summed E-state index contributed by atoms with van der Waals surface area (Å²) in [6.07, 6.45) is 3.05. The zero-order valence-corrected chi connectivity index (χ0v) is 15.8. The van der Waals surface area contributed by atoms with Crippen molar-refractivity contribution in [2.75, 3.05) is 45.7 Å². The smallest absolute Gasteiger partial charge is 0.309 e. The summed E-state index contributed by atoms with van der Waals surface area (Å²) < 4.78 is 0. The van der Waals surface area contributed by atoms with E-state index in [2.05, 4.69) is 45.7 Å². The molecule has 1 aromatic carbocycles. The van der Waals surface area contributed by atoms with Crippen molar-refractivity contribution in [3.8, 4) is 0 Å². The van der Waals surface area contributed by atoms with Gasteiger partial charge in [0.2, 0.25) is 0 Å². The number of hydrogen-bond acceptors (Lipinski definition) is 4. The Labute approximate surface area is 150 Å². The Morgan fingerprint density at radius 1 is 1.24 bits per heavy atom. The Balaban J connectivity index is 2.06. The first-order valence-corrected chi connectivity index (χ1v) is 9.00. The van der Waals surface area contributed by atoms with Gasteiger partial charge in [0.25, 0.3) is 0 Å². The fourth-order valence-electron chi connectivity index (χ4n) is 3.20. The molecule has 2 N–H and O–H groups in total. The van der Waals surface area contributed by atoms with Crippen LogP contribution in [-0.4, -0.2) is 57.5 Å². The van der Waals surface area contributed by atoms with Crippen LogP contribution < -0.4 is 15.5 Å². The molecule has 6 heteroatoms. The van der Waals surface area contributed by atoms with E-state index >= 15 is 0 Å². The average molecular weight is 346 g/mol. The van der Waals surface area contributed by atoms with Crippen LogP contribution in [0.15, 0.2) is 18.2 Å². The Morgan fingerprint density at radius 2 is 1.96 bits per heavy atom. The molecule has 6 nitrogen and oxygen atoms in total. The second-order valence-corrected chi connectivity index (χ2v) is 6.86. The highest BCUT2D eigenvalue weighted by Crippen LogP contribution is 2.29. The van der Waals surface area contributed by atoms with Gasteiger partial charge in [-0.15, -0.1) is 0 Å². The molecule has 25 heavy (non-hydrogen) atoms. The molecule has 1 heterocycles. The Bertz CT molecular complexity index is 615. The number of amides is 2. The molecule has 1 atom stereocenters. The standard InChI is InChI=1S/C19H30N4O2/c1-5-10-20-18(24)19(25)21-13-17(22(2)3)15-8-9-16-14(12-15)7-6-11-23(16)4/h8-9,12,17H,5-7,10-11,13H2,1-4H3,(H,20,24)(H,21,25)/t17-/m1/s1. The lowest BCUT2D eigenvalue weighted by Crippen LogP contribution is -2.43. The van der Waals surface area contributed by atoms with Gasteiger partial charge in [0.05, 0.1) is 6.04 Å². The molecule has 138 valence electrons. The first-order chi connectivity index (χ1) is 11.9. The van der Waals surface area contributed by atoms with E-state index in [-0.39, 0.29) is 6.04 Å². The summed E-state index contributed by atoms with van der Waals surface area (Å²) in [5, 5.41) is 5.36. The van der Waals surface area contributed by atoms with Crippen molar-refractivity contribution in [1.82, 2.24) is 15.5 Å². The minimum absolute atomic E-state index is 0.0282. The Kier molecular flexibility index (Phi) is 6.82. The molecular formula is C19H30N4O2. The van der Waals surface area contributed by atoms with E-state index in [1.165, 1.54) is 11.3 Å². The van der Waals surface area contributed by atoms with Gasteiger partial charge >= 0.3 is 11.8 Å². The van der Waals surface area contributed by atoms with Crippen LogP contribution in [0.2, 0.25) is 0 Å². The summed E-state index contributed by atoms with van der Waals surface area (Å²) in [6.45, 7) is 3.96. The second-order valence-electron chi connectivity index (χ2n) is 6.86. The summed E-state index contributed by atoms with van der Waals surface area (Å²) >= 11 is 0. The van der Waals surface area contributed by atoms with Crippen molar-refractivity contribution in [2.24, 2.45) is 0 Å². The molecule has 1 aliphatic heterocycles.